The van der Waals surface area contributed by atoms with Crippen molar-refractivity contribution in [2.75, 3.05) is 18.5 Å². The minimum absolute atomic E-state index is 0.00396. The molecular weight excluding hydrogens is 430 g/mol. The molecule has 7 rings (SSSR count). The molecule has 4 aromatic rings. The summed E-state index contributed by atoms with van der Waals surface area (Å²) in [6.07, 6.45) is 7.48. The van der Waals surface area contributed by atoms with Crippen LogP contribution in [0.15, 0.2) is 35.4 Å². The van der Waals surface area contributed by atoms with Gasteiger partial charge in [0.2, 0.25) is 5.95 Å². The van der Waals surface area contributed by atoms with Gasteiger partial charge in [-0.1, -0.05) is 0 Å². The Hall–Kier alpha value is -3.46. The zero-order valence-electron chi connectivity index (χ0n) is 19.5. The van der Waals surface area contributed by atoms with Crippen molar-refractivity contribution in [1.82, 2.24) is 29.4 Å². The lowest BCUT2D eigenvalue weighted by molar-refractivity contribution is 0.263. The second-order valence-corrected chi connectivity index (χ2v) is 9.23. The van der Waals surface area contributed by atoms with Crippen LogP contribution in [0.4, 0.5) is 11.6 Å². The molecule has 2 aliphatic heterocycles. The molecule has 1 saturated carbocycles. The predicted molar refractivity (Wildman–Crippen MR) is 132 cm³/mol. The standard InChI is InChI=1S/C25H29N7O2/c1-3-31-21-14-28-24-29-19-13-18-20(12-15(19)2)27-9-8-22(18)34-11-10-26-16-4-6-17(7-5-16)32(25(31)33)23(21)30-24/h8-9,12-14,16-17,26H,3-7,10-11H2,1-2H3,(H,28,29,30). The quantitative estimate of drug-likeness (QED) is 0.448. The molecule has 1 fully saturated rings. The van der Waals surface area contributed by atoms with Gasteiger partial charge < -0.3 is 15.4 Å². The Morgan fingerprint density at radius 2 is 2.03 bits per heavy atom. The summed E-state index contributed by atoms with van der Waals surface area (Å²) in [5.41, 5.74) is 4.29. The van der Waals surface area contributed by atoms with E-state index in [4.69, 9.17) is 9.72 Å². The van der Waals surface area contributed by atoms with Crippen LogP contribution in [-0.4, -0.2) is 43.3 Å². The number of fused-ring (bicyclic) bond motifs is 5. The number of nitrogens with zero attached hydrogens (tertiary/aromatic N) is 5. The van der Waals surface area contributed by atoms with E-state index >= 15 is 0 Å². The Labute approximate surface area is 197 Å². The van der Waals surface area contributed by atoms with E-state index < -0.39 is 0 Å². The molecule has 0 atom stereocenters. The number of imidazole rings is 1. The van der Waals surface area contributed by atoms with Gasteiger partial charge in [-0.15, -0.1) is 0 Å². The first kappa shape index (κ1) is 21.1. The van der Waals surface area contributed by atoms with Crippen LogP contribution in [0.1, 0.15) is 44.2 Å². The number of nitrogens with one attached hydrogen (secondary N) is 2. The monoisotopic (exact) mass is 459 g/mol. The Balaban J connectivity index is 1.52. The van der Waals surface area contributed by atoms with Crippen LogP contribution in [-0.2, 0) is 6.54 Å². The van der Waals surface area contributed by atoms with Crippen molar-refractivity contribution in [3.63, 3.8) is 0 Å². The maximum Gasteiger partial charge on any atom is 0.330 e. The summed E-state index contributed by atoms with van der Waals surface area (Å²) < 4.78 is 9.82. The molecule has 0 spiro atoms. The molecule has 0 unspecified atom stereocenters. The average Bonchev–Trinajstić information content (AvgIpc) is 3.12. The van der Waals surface area contributed by atoms with Gasteiger partial charge >= 0.3 is 5.69 Å². The van der Waals surface area contributed by atoms with Crippen LogP contribution >= 0.6 is 0 Å². The third-order valence-electron chi connectivity index (χ3n) is 7.17. The zero-order valence-corrected chi connectivity index (χ0v) is 19.5. The molecule has 5 heterocycles. The van der Waals surface area contributed by atoms with Crippen LogP contribution in [0, 0.1) is 6.92 Å². The minimum Gasteiger partial charge on any atom is -0.491 e. The molecule has 176 valence electrons. The van der Waals surface area contributed by atoms with Gasteiger partial charge in [-0.25, -0.2) is 9.78 Å². The second kappa shape index (κ2) is 8.39. The van der Waals surface area contributed by atoms with Crippen LogP contribution in [0.25, 0.3) is 22.1 Å². The van der Waals surface area contributed by atoms with E-state index in [1.807, 2.05) is 36.6 Å². The Morgan fingerprint density at radius 1 is 1.18 bits per heavy atom. The van der Waals surface area contributed by atoms with Crippen molar-refractivity contribution in [2.45, 2.75) is 58.2 Å². The molecule has 2 N–H and O–H groups in total. The smallest absolute Gasteiger partial charge is 0.330 e. The number of ether oxygens (including phenoxy) is 1. The van der Waals surface area contributed by atoms with Gasteiger partial charge in [-0.05, 0) is 63.3 Å². The third kappa shape index (κ3) is 3.51. The normalized spacial score (nSPS) is 20.5. The minimum atomic E-state index is 0.00396. The highest BCUT2D eigenvalue weighted by atomic mass is 16.5. The fourth-order valence-electron chi connectivity index (χ4n) is 5.37. The Kier molecular flexibility index (Phi) is 5.21. The maximum atomic E-state index is 13.3. The molecule has 9 heteroatoms. The number of benzene rings is 1. The molecule has 1 aromatic carbocycles. The van der Waals surface area contributed by atoms with E-state index in [9.17, 15) is 4.79 Å². The Bertz CT molecular complexity index is 1430. The van der Waals surface area contributed by atoms with Crippen molar-refractivity contribution >= 4 is 33.7 Å². The van der Waals surface area contributed by atoms with E-state index in [1.165, 1.54) is 0 Å². The van der Waals surface area contributed by atoms with Gasteiger partial charge in [0.1, 0.15) is 17.9 Å². The summed E-state index contributed by atoms with van der Waals surface area (Å²) in [6, 6.07) is 6.57. The molecule has 3 aromatic heterocycles. The highest BCUT2D eigenvalue weighted by Crippen LogP contribution is 2.32. The molecule has 0 amide bonds. The number of rotatable bonds is 1. The number of aryl methyl sites for hydroxylation is 2. The highest BCUT2D eigenvalue weighted by molar-refractivity contribution is 5.90. The lowest BCUT2D eigenvalue weighted by Gasteiger charge is -2.29. The lowest BCUT2D eigenvalue weighted by Crippen LogP contribution is -2.38. The first-order valence-electron chi connectivity index (χ1n) is 12.1. The van der Waals surface area contributed by atoms with Crippen LogP contribution < -0.4 is 21.1 Å². The third-order valence-corrected chi connectivity index (χ3v) is 7.17. The summed E-state index contributed by atoms with van der Waals surface area (Å²) in [6.45, 7) is 5.97. The van der Waals surface area contributed by atoms with Gasteiger partial charge in [0, 0.05) is 42.4 Å². The largest absolute Gasteiger partial charge is 0.491 e. The van der Waals surface area contributed by atoms with Gasteiger partial charge in [0.25, 0.3) is 0 Å². The maximum absolute atomic E-state index is 13.3. The molecule has 6 bridgehead atoms. The molecule has 3 aliphatic rings. The molecule has 9 nitrogen and oxygen atoms in total. The summed E-state index contributed by atoms with van der Waals surface area (Å²) >= 11 is 0. The van der Waals surface area contributed by atoms with E-state index in [0.717, 1.165) is 65.6 Å². The van der Waals surface area contributed by atoms with E-state index in [2.05, 4.69) is 20.6 Å². The molecule has 34 heavy (non-hydrogen) atoms. The number of hydrogen-bond acceptors (Lipinski definition) is 7. The summed E-state index contributed by atoms with van der Waals surface area (Å²) in [5, 5.41) is 7.96. The molecule has 0 saturated heterocycles. The number of aromatic nitrogens is 5. The number of hydrogen-bond donors (Lipinski definition) is 2. The fourth-order valence-corrected chi connectivity index (χ4v) is 5.37. The lowest BCUT2D eigenvalue weighted by atomic mass is 9.91. The van der Waals surface area contributed by atoms with Crippen LogP contribution in [0.3, 0.4) is 0 Å². The molecule has 0 radical (unpaired) electrons. The van der Waals surface area contributed by atoms with Crippen LogP contribution in [0.5, 0.6) is 5.75 Å². The SMILES string of the molecule is CCn1c(=O)n2c3nc(ncc31)Nc1cc3c(ccnc3cc1C)OCCNC1CCC2CC1. The van der Waals surface area contributed by atoms with Crippen molar-refractivity contribution in [3.05, 3.63) is 46.6 Å². The highest BCUT2D eigenvalue weighted by Gasteiger charge is 2.27. The van der Waals surface area contributed by atoms with Gasteiger partial charge in [-0.2, -0.15) is 4.98 Å². The summed E-state index contributed by atoms with van der Waals surface area (Å²) in [5.74, 6) is 1.29. The molecule has 1 aliphatic carbocycles. The first-order valence-corrected chi connectivity index (χ1v) is 12.1. The van der Waals surface area contributed by atoms with E-state index in [1.54, 1.807) is 17.0 Å². The van der Waals surface area contributed by atoms with Gasteiger partial charge in [0.15, 0.2) is 5.65 Å². The van der Waals surface area contributed by atoms with E-state index in [0.29, 0.717) is 30.8 Å². The van der Waals surface area contributed by atoms with Crippen molar-refractivity contribution in [1.29, 1.82) is 0 Å². The summed E-state index contributed by atoms with van der Waals surface area (Å²) in [4.78, 5) is 27.3. The van der Waals surface area contributed by atoms with Crippen molar-refractivity contribution in [3.8, 4) is 5.75 Å². The van der Waals surface area contributed by atoms with Crippen molar-refractivity contribution < 1.29 is 4.74 Å². The second-order valence-electron chi connectivity index (χ2n) is 9.23. The number of pyridine rings is 1. The van der Waals surface area contributed by atoms with E-state index in [-0.39, 0.29) is 11.7 Å². The molecular formula is C25H29N7O2. The van der Waals surface area contributed by atoms with Gasteiger partial charge in [-0.3, -0.25) is 14.1 Å². The first-order chi connectivity index (χ1) is 16.6. The topological polar surface area (TPSA) is 98.9 Å². The van der Waals surface area contributed by atoms with Crippen LogP contribution in [0.2, 0.25) is 0 Å². The number of anilines is 2. The predicted octanol–water partition coefficient (Wildman–Crippen LogP) is 3.68. The Morgan fingerprint density at radius 3 is 2.85 bits per heavy atom. The van der Waals surface area contributed by atoms with Gasteiger partial charge in [0.05, 0.1) is 11.7 Å². The average molecular weight is 460 g/mol. The zero-order chi connectivity index (χ0) is 23.2. The summed E-state index contributed by atoms with van der Waals surface area (Å²) in [7, 11) is 0. The fraction of sp³-hybridized carbons (Fsp3) is 0.440. The van der Waals surface area contributed by atoms with Crippen molar-refractivity contribution in [2.24, 2.45) is 0 Å².